The van der Waals surface area contributed by atoms with Crippen LogP contribution in [0.5, 0.6) is 0 Å². The van der Waals surface area contributed by atoms with Crippen LogP contribution >= 0.6 is 11.3 Å². The van der Waals surface area contributed by atoms with Gasteiger partial charge in [0, 0.05) is 9.75 Å². The standard InChI is InChI=1S/C24H28S/c1-23(2,3)19-11-7-9-17(15-19)21-13-14-22(25-21)18-10-8-12-20(16-18)24(4,5)6/h7-16H,1-6H3. The van der Waals surface area contributed by atoms with E-state index in [1.54, 1.807) is 0 Å². The van der Waals surface area contributed by atoms with E-state index >= 15 is 0 Å². The molecule has 25 heavy (non-hydrogen) atoms. The fourth-order valence-electron chi connectivity index (χ4n) is 2.93. The van der Waals surface area contributed by atoms with Crippen molar-refractivity contribution in [3.63, 3.8) is 0 Å². The summed E-state index contributed by atoms with van der Waals surface area (Å²) in [6.07, 6.45) is 0. The van der Waals surface area contributed by atoms with Crippen molar-refractivity contribution < 1.29 is 0 Å². The fourth-order valence-corrected chi connectivity index (χ4v) is 3.92. The first-order chi connectivity index (χ1) is 11.6. The highest BCUT2D eigenvalue weighted by Crippen LogP contribution is 2.37. The number of hydrogen-bond acceptors (Lipinski definition) is 1. The van der Waals surface area contributed by atoms with Crippen LogP contribution in [0.1, 0.15) is 52.7 Å². The molecule has 0 aliphatic heterocycles. The first kappa shape index (κ1) is 17.9. The Balaban J connectivity index is 1.96. The molecule has 0 nitrogen and oxygen atoms in total. The van der Waals surface area contributed by atoms with Gasteiger partial charge in [-0.1, -0.05) is 77.9 Å². The van der Waals surface area contributed by atoms with Crippen molar-refractivity contribution in [2.24, 2.45) is 0 Å². The summed E-state index contributed by atoms with van der Waals surface area (Å²) in [4.78, 5) is 2.67. The van der Waals surface area contributed by atoms with E-state index in [1.165, 1.54) is 32.0 Å². The van der Waals surface area contributed by atoms with Gasteiger partial charge in [-0.25, -0.2) is 0 Å². The van der Waals surface area contributed by atoms with Crippen molar-refractivity contribution >= 4 is 11.3 Å². The molecule has 0 saturated carbocycles. The van der Waals surface area contributed by atoms with Crippen LogP contribution < -0.4 is 0 Å². The maximum absolute atomic E-state index is 2.33. The molecule has 0 fully saturated rings. The molecule has 130 valence electrons. The van der Waals surface area contributed by atoms with Gasteiger partial charge in [0.05, 0.1) is 0 Å². The van der Waals surface area contributed by atoms with Crippen LogP contribution in [0.3, 0.4) is 0 Å². The first-order valence-electron chi connectivity index (χ1n) is 8.96. The number of hydrogen-bond donors (Lipinski definition) is 0. The Hall–Kier alpha value is -1.86. The smallest absolute Gasteiger partial charge is 0.0349 e. The highest BCUT2D eigenvalue weighted by Gasteiger charge is 2.16. The molecule has 0 atom stereocenters. The van der Waals surface area contributed by atoms with E-state index in [4.69, 9.17) is 0 Å². The Morgan fingerprint density at radius 3 is 1.32 bits per heavy atom. The molecule has 0 spiro atoms. The third-order valence-corrected chi connectivity index (χ3v) is 5.82. The summed E-state index contributed by atoms with van der Waals surface area (Å²) in [5.74, 6) is 0. The minimum atomic E-state index is 0.178. The molecular formula is C24H28S. The normalized spacial score (nSPS) is 12.4. The number of rotatable bonds is 2. The predicted molar refractivity (Wildman–Crippen MR) is 113 cm³/mol. The van der Waals surface area contributed by atoms with E-state index in [1.807, 2.05) is 11.3 Å². The monoisotopic (exact) mass is 348 g/mol. The second kappa shape index (κ2) is 6.46. The SMILES string of the molecule is CC(C)(C)c1cccc(-c2ccc(-c3cccc(C(C)(C)C)c3)s2)c1. The van der Waals surface area contributed by atoms with E-state index in [9.17, 15) is 0 Å². The summed E-state index contributed by atoms with van der Waals surface area (Å²) in [6, 6.07) is 22.4. The molecule has 0 unspecified atom stereocenters. The second-order valence-corrected chi connectivity index (χ2v) is 9.91. The molecule has 0 aliphatic rings. The summed E-state index contributed by atoms with van der Waals surface area (Å²) in [6.45, 7) is 13.6. The zero-order valence-corrected chi connectivity index (χ0v) is 17.0. The average Bonchev–Trinajstić information content (AvgIpc) is 3.04. The summed E-state index contributed by atoms with van der Waals surface area (Å²) in [7, 11) is 0. The van der Waals surface area contributed by atoms with Crippen molar-refractivity contribution in [2.75, 3.05) is 0 Å². The Morgan fingerprint density at radius 2 is 0.960 bits per heavy atom. The molecule has 0 bridgehead atoms. The molecule has 0 aliphatic carbocycles. The van der Waals surface area contributed by atoms with E-state index in [0.717, 1.165) is 0 Å². The van der Waals surface area contributed by atoms with Gasteiger partial charge in [-0.05, 0) is 57.3 Å². The average molecular weight is 349 g/mol. The maximum Gasteiger partial charge on any atom is 0.0349 e. The van der Waals surface area contributed by atoms with Crippen LogP contribution in [0.15, 0.2) is 60.7 Å². The first-order valence-corrected chi connectivity index (χ1v) is 9.78. The molecule has 0 N–H and O–H groups in total. The van der Waals surface area contributed by atoms with Crippen molar-refractivity contribution in [2.45, 2.75) is 52.4 Å². The molecule has 0 amide bonds. The lowest BCUT2D eigenvalue weighted by molar-refractivity contribution is 0.590. The Morgan fingerprint density at radius 1 is 0.560 bits per heavy atom. The van der Waals surface area contributed by atoms with Crippen LogP contribution in [0.4, 0.5) is 0 Å². The summed E-state index contributed by atoms with van der Waals surface area (Å²) in [5.41, 5.74) is 5.75. The second-order valence-electron chi connectivity index (χ2n) is 8.83. The largest absolute Gasteiger partial charge is 0.135 e. The third-order valence-electron chi connectivity index (χ3n) is 4.63. The highest BCUT2D eigenvalue weighted by molar-refractivity contribution is 7.18. The lowest BCUT2D eigenvalue weighted by Gasteiger charge is -2.19. The van der Waals surface area contributed by atoms with Gasteiger partial charge in [0.15, 0.2) is 0 Å². The van der Waals surface area contributed by atoms with Gasteiger partial charge in [-0.15, -0.1) is 11.3 Å². The summed E-state index contributed by atoms with van der Waals surface area (Å²) in [5, 5.41) is 0. The molecule has 3 rings (SSSR count). The third kappa shape index (κ3) is 4.04. The Bertz CT molecular complexity index is 797. The van der Waals surface area contributed by atoms with Crippen molar-refractivity contribution in [1.29, 1.82) is 0 Å². The summed E-state index contributed by atoms with van der Waals surface area (Å²) < 4.78 is 0. The Kier molecular flexibility index (Phi) is 4.64. The van der Waals surface area contributed by atoms with Gasteiger partial charge in [0.2, 0.25) is 0 Å². The molecule has 1 heterocycles. The zero-order chi connectivity index (χ0) is 18.2. The van der Waals surface area contributed by atoms with Gasteiger partial charge in [0.1, 0.15) is 0 Å². The molecule has 0 saturated heterocycles. The van der Waals surface area contributed by atoms with Crippen molar-refractivity contribution in [1.82, 2.24) is 0 Å². The topological polar surface area (TPSA) is 0 Å². The van der Waals surface area contributed by atoms with Gasteiger partial charge in [0.25, 0.3) is 0 Å². The van der Waals surface area contributed by atoms with E-state index in [2.05, 4.69) is 102 Å². The van der Waals surface area contributed by atoms with Crippen LogP contribution in [0, 0.1) is 0 Å². The zero-order valence-electron chi connectivity index (χ0n) is 16.2. The number of benzene rings is 2. The van der Waals surface area contributed by atoms with Gasteiger partial charge in [-0.3, -0.25) is 0 Å². The van der Waals surface area contributed by atoms with E-state index in [-0.39, 0.29) is 10.8 Å². The Labute approximate surface area is 156 Å². The lowest BCUT2D eigenvalue weighted by atomic mass is 9.86. The lowest BCUT2D eigenvalue weighted by Crippen LogP contribution is -2.10. The molecule has 1 heteroatoms. The molecule has 2 aromatic carbocycles. The minimum absolute atomic E-state index is 0.178. The van der Waals surface area contributed by atoms with Crippen LogP contribution in [0.25, 0.3) is 20.9 Å². The van der Waals surface area contributed by atoms with E-state index in [0.29, 0.717) is 0 Å². The van der Waals surface area contributed by atoms with E-state index < -0.39 is 0 Å². The minimum Gasteiger partial charge on any atom is -0.135 e. The van der Waals surface area contributed by atoms with Crippen LogP contribution in [-0.2, 0) is 10.8 Å². The number of thiophene rings is 1. The molecular weight excluding hydrogens is 320 g/mol. The predicted octanol–water partition coefficient (Wildman–Crippen LogP) is 7.68. The van der Waals surface area contributed by atoms with Gasteiger partial charge in [-0.2, -0.15) is 0 Å². The molecule has 3 aromatic rings. The van der Waals surface area contributed by atoms with Crippen molar-refractivity contribution in [3.05, 3.63) is 71.8 Å². The van der Waals surface area contributed by atoms with Crippen LogP contribution in [-0.4, -0.2) is 0 Å². The van der Waals surface area contributed by atoms with Crippen LogP contribution in [0.2, 0.25) is 0 Å². The summed E-state index contributed by atoms with van der Waals surface area (Å²) >= 11 is 1.88. The quantitative estimate of drug-likeness (QED) is 0.445. The molecule has 1 aromatic heterocycles. The van der Waals surface area contributed by atoms with Crippen molar-refractivity contribution in [3.8, 4) is 20.9 Å². The van der Waals surface area contributed by atoms with Gasteiger partial charge >= 0.3 is 0 Å². The molecule has 0 radical (unpaired) electrons. The fraction of sp³-hybridized carbons (Fsp3) is 0.333. The highest BCUT2D eigenvalue weighted by atomic mass is 32.1. The maximum atomic E-state index is 2.33. The van der Waals surface area contributed by atoms with Gasteiger partial charge < -0.3 is 0 Å².